The van der Waals surface area contributed by atoms with Crippen molar-refractivity contribution in [3.05, 3.63) is 277 Å². The number of nitrogens with two attached hydrogens (primary N) is 2. The van der Waals surface area contributed by atoms with Crippen LogP contribution in [-0.4, -0.2) is 19.9 Å². The first-order valence-electron chi connectivity index (χ1n) is 25.0. The normalized spacial score (nSPS) is 12.2. The van der Waals surface area contributed by atoms with E-state index in [1.165, 1.54) is 22.3 Å². The Morgan fingerprint density at radius 1 is 0.333 bits per heavy atom. The van der Waals surface area contributed by atoms with E-state index < -0.39 is 5.41 Å². The van der Waals surface area contributed by atoms with Crippen LogP contribution < -0.4 is 20.9 Å². The molecule has 2 heterocycles. The third-order valence-electron chi connectivity index (χ3n) is 14.1. The zero-order valence-corrected chi connectivity index (χ0v) is 40.6. The molecule has 13 rings (SSSR count). The highest BCUT2D eigenvalue weighted by Gasteiger charge is 2.46. The zero-order chi connectivity index (χ0) is 50.3. The number of fused-ring (bicyclic) bond motifs is 3. The molecule has 0 unspecified atom stereocenters. The van der Waals surface area contributed by atoms with Crippen LogP contribution in [0.5, 0.6) is 23.0 Å². The van der Waals surface area contributed by atoms with Crippen molar-refractivity contribution in [2.45, 2.75) is 5.41 Å². The van der Waals surface area contributed by atoms with Crippen LogP contribution in [0, 0.1) is 0 Å². The Balaban J connectivity index is 0.859. The monoisotopic (exact) mass is 968 g/mol. The number of ether oxygens (including phenoxy) is 2. The average molecular weight is 969 g/mol. The smallest absolute Gasteiger partial charge is 0.142 e. The van der Waals surface area contributed by atoms with Crippen molar-refractivity contribution in [1.82, 2.24) is 19.9 Å². The summed E-state index contributed by atoms with van der Waals surface area (Å²) in [6.45, 7) is 0. The molecule has 2 aromatic heterocycles. The van der Waals surface area contributed by atoms with Gasteiger partial charge in [-0.1, -0.05) is 194 Å². The number of nitrogens with zero attached hydrogens (tertiary/aromatic N) is 2. The van der Waals surface area contributed by atoms with Gasteiger partial charge in [-0.25, -0.2) is 9.97 Å². The average Bonchev–Trinajstić information content (AvgIpc) is 4.26. The van der Waals surface area contributed by atoms with Crippen LogP contribution in [0.25, 0.3) is 78.9 Å². The number of rotatable bonds is 12. The summed E-state index contributed by atoms with van der Waals surface area (Å²) in [4.78, 5) is 17.6. The van der Waals surface area contributed by atoms with Crippen molar-refractivity contribution in [3.8, 4) is 102 Å². The summed E-state index contributed by atoms with van der Waals surface area (Å²) in [7, 11) is 0. The lowest BCUT2D eigenvalue weighted by Crippen LogP contribution is -2.28. The molecule has 0 saturated heterocycles. The molecule has 0 atom stereocenters. The van der Waals surface area contributed by atoms with Gasteiger partial charge in [0, 0.05) is 33.6 Å². The van der Waals surface area contributed by atoms with Gasteiger partial charge in [-0.15, -0.1) is 0 Å². The zero-order valence-electron chi connectivity index (χ0n) is 40.6. The summed E-state index contributed by atoms with van der Waals surface area (Å²) in [5.74, 6) is 3.89. The molecule has 0 spiro atoms. The molecular weight excluding hydrogens is 921 g/mol. The van der Waals surface area contributed by atoms with Gasteiger partial charge in [0.05, 0.1) is 39.3 Å². The standard InChI is InChI=1S/C67H48N6O2/c68-49-33-39-59(55(41-49)65-70-61(43-17-5-1-6-18-43)62(71-65)44-19-7-2-8-20-44)74-51-35-29-47(30-36-51)67(57-27-15-13-25-53(57)54-26-14-16-28-58(54)67)48-31-37-52(38-32-48)75-60-40-34-50(69)42-56(60)66-72-63(45-21-9-3-10-22-45)64(73-66)46-23-11-4-12-24-46/h1-42H,68-69H2,(H,70,71)(H,72,73). The molecule has 10 aromatic carbocycles. The first-order valence-corrected chi connectivity index (χ1v) is 25.0. The van der Waals surface area contributed by atoms with E-state index in [0.717, 1.165) is 67.3 Å². The van der Waals surface area contributed by atoms with Crippen molar-refractivity contribution in [1.29, 1.82) is 0 Å². The van der Waals surface area contributed by atoms with E-state index in [1.54, 1.807) is 0 Å². The number of aromatic nitrogens is 4. The summed E-state index contributed by atoms with van der Waals surface area (Å²) in [6.07, 6.45) is 0. The lowest BCUT2D eigenvalue weighted by atomic mass is 9.68. The number of hydrogen-bond acceptors (Lipinski definition) is 6. The highest BCUT2D eigenvalue weighted by atomic mass is 16.5. The van der Waals surface area contributed by atoms with Crippen LogP contribution in [0.2, 0.25) is 0 Å². The van der Waals surface area contributed by atoms with E-state index in [-0.39, 0.29) is 0 Å². The summed E-state index contributed by atoms with van der Waals surface area (Å²) in [6, 6.07) is 86.6. The first kappa shape index (κ1) is 44.7. The molecule has 75 heavy (non-hydrogen) atoms. The lowest BCUT2D eigenvalue weighted by Gasteiger charge is -2.34. The van der Waals surface area contributed by atoms with Crippen LogP contribution >= 0.6 is 0 Å². The molecule has 1 aliphatic rings. The van der Waals surface area contributed by atoms with E-state index in [2.05, 4.69) is 156 Å². The second kappa shape index (κ2) is 18.8. The van der Waals surface area contributed by atoms with Crippen LogP contribution in [0.15, 0.2) is 255 Å². The summed E-state index contributed by atoms with van der Waals surface area (Å²) in [5.41, 5.74) is 29.5. The predicted octanol–water partition coefficient (Wildman–Crippen LogP) is 16.2. The molecule has 0 amide bonds. The minimum Gasteiger partial charge on any atom is -0.457 e. The number of nitrogens with one attached hydrogen (secondary N) is 2. The topological polar surface area (TPSA) is 128 Å². The third kappa shape index (κ3) is 8.07. The summed E-state index contributed by atoms with van der Waals surface area (Å²) >= 11 is 0. The van der Waals surface area contributed by atoms with Crippen molar-refractivity contribution >= 4 is 11.4 Å². The molecule has 12 aromatic rings. The molecule has 358 valence electrons. The number of anilines is 2. The number of aromatic amines is 2. The lowest BCUT2D eigenvalue weighted by molar-refractivity contribution is 0.483. The molecule has 0 fully saturated rings. The van der Waals surface area contributed by atoms with Gasteiger partial charge in [-0.05, 0) is 94.0 Å². The van der Waals surface area contributed by atoms with Gasteiger partial charge in [0.2, 0.25) is 0 Å². The first-order chi connectivity index (χ1) is 37.0. The molecule has 0 radical (unpaired) electrons. The highest BCUT2D eigenvalue weighted by Crippen LogP contribution is 2.56. The van der Waals surface area contributed by atoms with E-state index in [9.17, 15) is 0 Å². The predicted molar refractivity (Wildman–Crippen MR) is 303 cm³/mol. The van der Waals surface area contributed by atoms with E-state index >= 15 is 0 Å². The van der Waals surface area contributed by atoms with Crippen LogP contribution in [0.3, 0.4) is 0 Å². The van der Waals surface area contributed by atoms with Crippen molar-refractivity contribution in [3.63, 3.8) is 0 Å². The van der Waals surface area contributed by atoms with E-state index in [4.69, 9.17) is 30.9 Å². The second-order valence-corrected chi connectivity index (χ2v) is 18.7. The van der Waals surface area contributed by atoms with Gasteiger partial charge >= 0.3 is 0 Å². The molecule has 0 bridgehead atoms. The largest absolute Gasteiger partial charge is 0.457 e. The molecule has 6 N–H and O–H groups in total. The molecule has 8 nitrogen and oxygen atoms in total. The molecule has 0 aliphatic heterocycles. The second-order valence-electron chi connectivity index (χ2n) is 18.7. The summed E-state index contributed by atoms with van der Waals surface area (Å²) < 4.78 is 13.6. The Bertz CT molecular complexity index is 3630. The Hall–Kier alpha value is -10.2. The van der Waals surface area contributed by atoms with Gasteiger partial charge in [-0.3, -0.25) is 0 Å². The number of H-pyrrole nitrogens is 2. The SMILES string of the molecule is Nc1ccc(Oc2ccc(C3(c4ccc(Oc5ccc(N)cc5-c5nc(-c6ccccc6)c(-c6ccccc6)[nH]5)cc4)c4ccccc4-c4ccccc43)cc2)c(-c2nc(-c3ccccc3)c(-c3ccccc3)[nH]2)c1. The van der Waals surface area contributed by atoms with Crippen LogP contribution in [0.1, 0.15) is 22.3 Å². The molecule has 0 saturated carbocycles. The Labute approximate surface area is 434 Å². The maximum atomic E-state index is 6.80. The van der Waals surface area contributed by atoms with Gasteiger partial charge in [0.1, 0.15) is 34.6 Å². The van der Waals surface area contributed by atoms with Gasteiger partial charge < -0.3 is 30.9 Å². The molecule has 1 aliphatic carbocycles. The fourth-order valence-electron chi connectivity index (χ4n) is 10.7. The fraction of sp³-hybridized carbons (Fsp3) is 0.0149. The Kier molecular flexibility index (Phi) is 11.2. The maximum absolute atomic E-state index is 6.80. The number of nitrogen functional groups attached to an aromatic ring is 2. The van der Waals surface area contributed by atoms with Gasteiger partial charge in [0.25, 0.3) is 0 Å². The van der Waals surface area contributed by atoms with Gasteiger partial charge in [-0.2, -0.15) is 0 Å². The number of imidazole rings is 2. The third-order valence-corrected chi connectivity index (χ3v) is 14.1. The van der Waals surface area contributed by atoms with Crippen molar-refractivity contribution in [2.75, 3.05) is 11.5 Å². The molecule has 8 heteroatoms. The van der Waals surface area contributed by atoms with E-state index in [1.807, 2.05) is 109 Å². The van der Waals surface area contributed by atoms with E-state index in [0.29, 0.717) is 46.0 Å². The number of benzene rings is 10. The number of hydrogen-bond donors (Lipinski definition) is 4. The minimum atomic E-state index is -0.672. The van der Waals surface area contributed by atoms with Crippen molar-refractivity contribution < 1.29 is 9.47 Å². The Morgan fingerprint density at radius 3 is 1.07 bits per heavy atom. The quantitative estimate of drug-likeness (QED) is 0.0903. The molecular formula is C67H48N6O2. The maximum Gasteiger partial charge on any atom is 0.142 e. The van der Waals surface area contributed by atoms with Crippen LogP contribution in [0.4, 0.5) is 11.4 Å². The van der Waals surface area contributed by atoms with Crippen molar-refractivity contribution in [2.24, 2.45) is 0 Å². The highest BCUT2D eigenvalue weighted by molar-refractivity contribution is 5.87. The Morgan fingerprint density at radius 2 is 0.680 bits per heavy atom. The fourth-order valence-corrected chi connectivity index (χ4v) is 10.7. The minimum absolute atomic E-state index is 0.602. The van der Waals surface area contributed by atoms with Crippen LogP contribution in [-0.2, 0) is 5.41 Å². The van der Waals surface area contributed by atoms with Gasteiger partial charge in [0.15, 0.2) is 0 Å². The summed E-state index contributed by atoms with van der Waals surface area (Å²) in [5, 5.41) is 0.